The highest BCUT2D eigenvalue weighted by Gasteiger charge is 2.55. The van der Waals surface area contributed by atoms with E-state index in [4.69, 9.17) is 36.5 Å². The van der Waals surface area contributed by atoms with E-state index in [2.05, 4.69) is 10.2 Å². The number of hydrogen-bond donors (Lipinski definition) is 4. The molecular weight excluding hydrogens is 572 g/mol. The second-order valence-electron chi connectivity index (χ2n) is 12.0. The van der Waals surface area contributed by atoms with Crippen LogP contribution in [0.15, 0.2) is 24.0 Å². The molecule has 1 amide bonds. The van der Waals surface area contributed by atoms with Crippen LogP contribution in [0.25, 0.3) is 17.0 Å². The van der Waals surface area contributed by atoms with Gasteiger partial charge in [0.25, 0.3) is 0 Å². The van der Waals surface area contributed by atoms with Crippen LogP contribution in [0.5, 0.6) is 5.75 Å². The lowest BCUT2D eigenvalue weighted by Gasteiger charge is -2.59. The molecule has 2 saturated heterocycles. The first-order chi connectivity index (χ1) is 20.5. The number of hydrogen-bond acceptors (Lipinski definition) is 10. The first-order valence-corrected chi connectivity index (χ1v) is 15.1. The summed E-state index contributed by atoms with van der Waals surface area (Å²) in [5.41, 5.74) is 2.37. The van der Waals surface area contributed by atoms with Crippen molar-refractivity contribution in [1.29, 1.82) is 5.41 Å². The zero-order valence-electron chi connectivity index (χ0n) is 25.2. The van der Waals surface area contributed by atoms with E-state index in [1.54, 1.807) is 39.1 Å². The van der Waals surface area contributed by atoms with Gasteiger partial charge in [-0.1, -0.05) is 11.6 Å². The number of morpholine rings is 1. The molecule has 1 aromatic carbocycles. The predicted molar refractivity (Wildman–Crippen MR) is 166 cm³/mol. The number of halogens is 1. The second-order valence-corrected chi connectivity index (χ2v) is 12.4. The maximum atomic E-state index is 13.0. The Morgan fingerprint density at radius 1 is 1.26 bits per heavy atom. The quantitative estimate of drug-likeness (QED) is 0.234. The van der Waals surface area contributed by atoms with Gasteiger partial charge >= 0.3 is 0 Å². The number of anilines is 1. The Kier molecular flexibility index (Phi) is 9.26. The number of benzene rings is 1. The van der Waals surface area contributed by atoms with Gasteiger partial charge < -0.3 is 40.2 Å². The second kappa shape index (κ2) is 12.8. The van der Waals surface area contributed by atoms with E-state index >= 15 is 0 Å². The largest absolute Gasteiger partial charge is 0.512 e. The molecule has 11 nitrogen and oxygen atoms in total. The number of amides is 1. The molecule has 5 rings (SSSR count). The summed E-state index contributed by atoms with van der Waals surface area (Å²) in [6.45, 7) is 9.62. The van der Waals surface area contributed by atoms with E-state index in [0.29, 0.717) is 72.1 Å². The molecule has 1 saturated carbocycles. The van der Waals surface area contributed by atoms with Crippen LogP contribution in [0, 0.1) is 23.7 Å². The Bertz CT molecular complexity index is 1410. The number of aliphatic hydroxyl groups is 2. The van der Waals surface area contributed by atoms with Crippen LogP contribution in [0.1, 0.15) is 37.9 Å². The van der Waals surface area contributed by atoms with Crippen molar-refractivity contribution in [3.63, 3.8) is 0 Å². The number of allylic oxidation sites excluding steroid dienone is 2. The van der Waals surface area contributed by atoms with Crippen LogP contribution >= 0.6 is 11.6 Å². The minimum atomic E-state index is -0.678. The number of nitrogens with one attached hydrogen (secondary N) is 2. The maximum absolute atomic E-state index is 13.0. The first kappa shape index (κ1) is 31.2. The minimum absolute atomic E-state index is 0.00329. The third-order valence-corrected chi connectivity index (χ3v) is 8.87. The molecule has 0 bridgehead atoms. The Morgan fingerprint density at radius 3 is 2.58 bits per heavy atom. The number of aliphatic hydroxyl groups excluding tert-OH is 2. The van der Waals surface area contributed by atoms with Gasteiger partial charge in [-0.25, -0.2) is 9.97 Å². The first-order valence-electron chi connectivity index (χ1n) is 14.7. The fraction of sp³-hybridized carbons (Fsp3) is 0.548. The van der Waals surface area contributed by atoms with Gasteiger partial charge in [0, 0.05) is 60.9 Å². The molecule has 2 aromatic rings. The third kappa shape index (κ3) is 6.50. The molecule has 1 aromatic heterocycles. The lowest BCUT2D eigenvalue weighted by Crippen LogP contribution is -2.65. The van der Waals surface area contributed by atoms with Gasteiger partial charge in [0.2, 0.25) is 5.91 Å². The highest BCUT2D eigenvalue weighted by Crippen LogP contribution is 2.54. The summed E-state index contributed by atoms with van der Waals surface area (Å²) in [4.78, 5) is 26.9. The SMILES string of the molecule is CNC[C@@H](O)COc1ccc(Cl)c(-c2nc(/C(C(C)=N)=C(\C)O)c(C)c(N3CC4(CC(C(=O)N5CCOCC5)C4)C3)n2)c1. The molecule has 1 aliphatic carbocycles. The topological polar surface area (TPSA) is 144 Å². The van der Waals surface area contributed by atoms with Gasteiger partial charge in [0.15, 0.2) is 5.82 Å². The highest BCUT2D eigenvalue weighted by molar-refractivity contribution is 6.33. The van der Waals surface area contributed by atoms with E-state index in [0.717, 1.165) is 31.5 Å². The van der Waals surface area contributed by atoms with Crippen molar-refractivity contribution in [2.24, 2.45) is 11.3 Å². The van der Waals surface area contributed by atoms with E-state index in [1.165, 1.54) is 0 Å². The van der Waals surface area contributed by atoms with Gasteiger partial charge in [0.1, 0.15) is 30.0 Å². The van der Waals surface area contributed by atoms with Crippen molar-refractivity contribution < 1.29 is 24.5 Å². The molecule has 3 heterocycles. The van der Waals surface area contributed by atoms with E-state index in [9.17, 15) is 15.0 Å². The van der Waals surface area contributed by atoms with Crippen molar-refractivity contribution in [2.75, 3.05) is 64.5 Å². The van der Waals surface area contributed by atoms with Crippen LogP contribution in [0.2, 0.25) is 5.02 Å². The molecule has 1 atom stereocenters. The number of nitrogens with zero attached hydrogens (tertiary/aromatic N) is 4. The maximum Gasteiger partial charge on any atom is 0.225 e. The van der Waals surface area contributed by atoms with Crippen LogP contribution in [0.4, 0.5) is 5.82 Å². The molecule has 0 radical (unpaired) electrons. The van der Waals surface area contributed by atoms with Gasteiger partial charge in [-0.2, -0.15) is 0 Å². The zero-order chi connectivity index (χ0) is 30.9. The summed E-state index contributed by atoms with van der Waals surface area (Å²) in [7, 11) is 1.76. The van der Waals surface area contributed by atoms with Crippen LogP contribution in [-0.2, 0) is 9.53 Å². The monoisotopic (exact) mass is 612 g/mol. The molecule has 232 valence electrons. The molecule has 12 heteroatoms. The normalized spacial score (nSPS) is 19.4. The van der Waals surface area contributed by atoms with E-state index < -0.39 is 6.10 Å². The Labute approximate surface area is 257 Å². The Hall–Kier alpha value is -3.25. The van der Waals surface area contributed by atoms with Crippen LogP contribution in [-0.4, -0.2) is 102 Å². The highest BCUT2D eigenvalue weighted by atomic mass is 35.5. The summed E-state index contributed by atoms with van der Waals surface area (Å²) in [5.74, 6) is 1.85. The Balaban J connectivity index is 1.42. The predicted octanol–water partition coefficient (Wildman–Crippen LogP) is 3.47. The molecule has 3 fully saturated rings. The van der Waals surface area contributed by atoms with Crippen molar-refractivity contribution >= 4 is 34.6 Å². The third-order valence-electron chi connectivity index (χ3n) is 8.54. The fourth-order valence-electron chi connectivity index (χ4n) is 6.42. The fourth-order valence-corrected chi connectivity index (χ4v) is 6.62. The lowest BCUT2D eigenvalue weighted by molar-refractivity contribution is -0.148. The molecule has 1 spiro atoms. The molecular formula is C31H41ClN6O5. The van der Waals surface area contributed by atoms with Crippen molar-refractivity contribution in [3.8, 4) is 17.1 Å². The molecule has 0 unspecified atom stereocenters. The molecule has 4 N–H and O–H groups in total. The number of rotatable bonds is 10. The summed E-state index contributed by atoms with van der Waals surface area (Å²) >= 11 is 6.65. The van der Waals surface area contributed by atoms with Gasteiger partial charge in [-0.05, 0) is 58.9 Å². The lowest BCUT2D eigenvalue weighted by atomic mass is 9.57. The smallest absolute Gasteiger partial charge is 0.225 e. The van der Waals surface area contributed by atoms with E-state index in [-0.39, 0.29) is 35.3 Å². The standard InChI is InChI=1S/C31H41ClN6O5/c1-18-27(26(19(2)33)20(3)39)35-28(24-11-23(5-6-25(24)32)43-15-22(40)14-34-4)36-29(18)38-16-31(17-38)12-21(13-31)30(41)37-7-9-42-10-8-37/h5-6,11,21-22,33-34,39-40H,7-10,12-17H2,1-4H3/b26-20+,33-19?/t22-/m1/s1. The zero-order valence-corrected chi connectivity index (χ0v) is 26.0. The summed E-state index contributed by atoms with van der Waals surface area (Å²) in [6, 6.07) is 5.17. The van der Waals surface area contributed by atoms with Gasteiger partial charge in [-0.3, -0.25) is 4.79 Å². The average Bonchev–Trinajstić information content (AvgIpc) is 2.93. The van der Waals surface area contributed by atoms with Crippen LogP contribution in [0.3, 0.4) is 0 Å². The van der Waals surface area contributed by atoms with Crippen molar-refractivity contribution in [3.05, 3.63) is 40.2 Å². The van der Waals surface area contributed by atoms with Crippen molar-refractivity contribution in [1.82, 2.24) is 20.2 Å². The number of aromatic nitrogens is 2. The minimum Gasteiger partial charge on any atom is -0.512 e. The number of ether oxygens (including phenoxy) is 2. The molecule has 3 aliphatic rings. The van der Waals surface area contributed by atoms with Crippen LogP contribution < -0.4 is 15.0 Å². The number of carbonyl (C=O) groups is 1. The molecule has 43 heavy (non-hydrogen) atoms. The summed E-state index contributed by atoms with van der Waals surface area (Å²) < 4.78 is 11.2. The Morgan fingerprint density at radius 2 is 1.95 bits per heavy atom. The number of likely N-dealkylation sites (N-methyl/N-ethyl adjacent to an activating group) is 1. The number of carbonyl (C=O) groups excluding carboxylic acids is 1. The van der Waals surface area contributed by atoms with Gasteiger partial charge in [0.05, 0.1) is 29.5 Å². The van der Waals surface area contributed by atoms with Gasteiger partial charge in [-0.15, -0.1) is 0 Å². The average molecular weight is 613 g/mol. The summed E-state index contributed by atoms with van der Waals surface area (Å²) in [6.07, 6.45) is 1.03. The van der Waals surface area contributed by atoms with Crippen molar-refractivity contribution in [2.45, 2.75) is 39.7 Å². The molecule has 2 aliphatic heterocycles. The summed E-state index contributed by atoms with van der Waals surface area (Å²) in [5, 5.41) is 32.3. The van der Waals surface area contributed by atoms with E-state index in [1.807, 2.05) is 11.8 Å².